The van der Waals surface area contributed by atoms with Crippen LogP contribution in [0.15, 0.2) is 45.8 Å². The Balaban J connectivity index is 1.84. The zero-order chi connectivity index (χ0) is 15.7. The Morgan fingerprint density at radius 2 is 2.09 bits per heavy atom. The van der Waals surface area contributed by atoms with Crippen LogP contribution in [-0.4, -0.2) is 17.6 Å². The highest BCUT2D eigenvalue weighted by Crippen LogP contribution is 2.33. The average Bonchev–Trinajstić information content (AvgIpc) is 2.49. The van der Waals surface area contributed by atoms with E-state index in [9.17, 15) is 14.0 Å². The van der Waals surface area contributed by atoms with E-state index in [1.54, 1.807) is 12.1 Å². The smallest absolute Gasteiger partial charge is 0.258 e. The van der Waals surface area contributed by atoms with E-state index in [4.69, 9.17) is 0 Å². The first-order valence-corrected chi connectivity index (χ1v) is 8.14. The molecule has 7 heteroatoms. The maximum atomic E-state index is 13.7. The molecule has 0 atom stereocenters. The summed E-state index contributed by atoms with van der Waals surface area (Å²) in [5.74, 6) is -0.850. The third kappa shape index (κ3) is 3.15. The lowest BCUT2D eigenvalue weighted by atomic mass is 10.2. The molecule has 0 radical (unpaired) electrons. The third-order valence-electron chi connectivity index (χ3n) is 3.04. The van der Waals surface area contributed by atoms with Crippen LogP contribution in [0, 0.1) is 5.82 Å². The van der Waals surface area contributed by atoms with E-state index < -0.39 is 11.7 Å². The number of rotatable bonds is 2. The lowest BCUT2D eigenvalue weighted by Crippen LogP contribution is -2.19. The molecule has 22 heavy (non-hydrogen) atoms. The van der Waals surface area contributed by atoms with Crippen molar-refractivity contribution in [2.24, 2.45) is 0 Å². The fraction of sp³-hybridized carbons (Fsp3) is 0.0667. The quantitative estimate of drug-likeness (QED) is 0.830. The molecule has 2 amide bonds. The number of carbonyl (C=O) groups excluding carboxylic acids is 2. The minimum Gasteiger partial charge on any atom is -0.324 e. The summed E-state index contributed by atoms with van der Waals surface area (Å²) < 4.78 is 14.3. The minimum absolute atomic E-state index is 0.0505. The van der Waals surface area contributed by atoms with Crippen LogP contribution in [0.25, 0.3) is 0 Å². The van der Waals surface area contributed by atoms with Crippen molar-refractivity contribution in [3.05, 3.63) is 52.3 Å². The number of nitrogens with one attached hydrogen (secondary N) is 2. The number of carbonyl (C=O) groups is 2. The SMILES string of the molecule is O=C1CSc2ccc(NC(=O)c3cc(Br)ccc3F)cc2N1. The molecule has 2 N–H and O–H groups in total. The zero-order valence-corrected chi connectivity index (χ0v) is 13.6. The minimum atomic E-state index is -0.595. The van der Waals surface area contributed by atoms with Gasteiger partial charge in [-0.3, -0.25) is 9.59 Å². The molecule has 0 saturated carbocycles. The summed E-state index contributed by atoms with van der Waals surface area (Å²) in [4.78, 5) is 24.5. The van der Waals surface area contributed by atoms with Gasteiger partial charge < -0.3 is 10.6 Å². The summed E-state index contributed by atoms with van der Waals surface area (Å²) in [6, 6.07) is 9.36. The Hall–Kier alpha value is -1.86. The van der Waals surface area contributed by atoms with Gasteiger partial charge in [-0.2, -0.15) is 0 Å². The normalized spacial score (nSPS) is 13.3. The van der Waals surface area contributed by atoms with Gasteiger partial charge in [0.05, 0.1) is 17.0 Å². The van der Waals surface area contributed by atoms with E-state index in [1.807, 2.05) is 6.07 Å². The van der Waals surface area contributed by atoms with Gasteiger partial charge in [0.25, 0.3) is 5.91 Å². The van der Waals surface area contributed by atoms with Gasteiger partial charge in [-0.25, -0.2) is 4.39 Å². The molecular weight excluding hydrogens is 371 g/mol. The Morgan fingerprint density at radius 1 is 1.27 bits per heavy atom. The molecule has 0 saturated heterocycles. The van der Waals surface area contributed by atoms with E-state index in [2.05, 4.69) is 26.6 Å². The van der Waals surface area contributed by atoms with Crippen molar-refractivity contribution < 1.29 is 14.0 Å². The Morgan fingerprint density at radius 3 is 2.91 bits per heavy atom. The molecule has 3 rings (SSSR count). The predicted octanol–water partition coefficient (Wildman–Crippen LogP) is 3.88. The topological polar surface area (TPSA) is 58.2 Å². The highest BCUT2D eigenvalue weighted by Gasteiger charge is 2.17. The van der Waals surface area contributed by atoms with Gasteiger partial charge in [0.15, 0.2) is 0 Å². The first-order chi connectivity index (χ1) is 10.5. The second-order valence-corrected chi connectivity index (χ2v) is 6.56. The molecule has 1 heterocycles. The average molecular weight is 381 g/mol. The molecule has 1 aliphatic heterocycles. The zero-order valence-electron chi connectivity index (χ0n) is 11.2. The van der Waals surface area contributed by atoms with Crippen LogP contribution in [0.1, 0.15) is 10.4 Å². The molecule has 0 aliphatic carbocycles. The first kappa shape index (κ1) is 15.1. The number of anilines is 2. The maximum absolute atomic E-state index is 13.7. The number of benzene rings is 2. The van der Waals surface area contributed by atoms with Crippen molar-refractivity contribution in [2.45, 2.75) is 4.90 Å². The van der Waals surface area contributed by atoms with Crippen LogP contribution in [0.5, 0.6) is 0 Å². The maximum Gasteiger partial charge on any atom is 0.258 e. The van der Waals surface area contributed by atoms with Crippen LogP contribution in [-0.2, 0) is 4.79 Å². The number of fused-ring (bicyclic) bond motifs is 1. The van der Waals surface area contributed by atoms with Gasteiger partial charge in [-0.1, -0.05) is 15.9 Å². The summed E-state index contributed by atoms with van der Waals surface area (Å²) in [5.41, 5.74) is 1.09. The van der Waals surface area contributed by atoms with E-state index in [0.717, 1.165) is 4.90 Å². The Bertz CT molecular complexity index is 782. The van der Waals surface area contributed by atoms with Crippen molar-refractivity contribution >= 4 is 50.9 Å². The second kappa shape index (κ2) is 6.10. The third-order valence-corrected chi connectivity index (χ3v) is 4.61. The summed E-state index contributed by atoms with van der Waals surface area (Å²) in [6.07, 6.45) is 0. The largest absolute Gasteiger partial charge is 0.324 e. The van der Waals surface area contributed by atoms with Crippen molar-refractivity contribution in [3.8, 4) is 0 Å². The standard InChI is InChI=1S/C15H10BrFN2O2S/c16-8-1-3-11(17)10(5-8)15(21)18-9-2-4-13-12(6-9)19-14(20)7-22-13/h1-6H,7H2,(H,18,21)(H,19,20). The Kier molecular flexibility index (Phi) is 4.17. The van der Waals surface area contributed by atoms with Gasteiger partial charge in [0, 0.05) is 15.1 Å². The van der Waals surface area contributed by atoms with Crippen LogP contribution in [0.4, 0.5) is 15.8 Å². The highest BCUT2D eigenvalue weighted by atomic mass is 79.9. The predicted molar refractivity (Wildman–Crippen MR) is 87.8 cm³/mol. The van der Waals surface area contributed by atoms with Crippen LogP contribution in [0.2, 0.25) is 0 Å². The molecule has 0 aromatic heterocycles. The number of halogens is 2. The summed E-state index contributed by atoms with van der Waals surface area (Å²) >= 11 is 4.64. The monoisotopic (exact) mass is 380 g/mol. The molecule has 4 nitrogen and oxygen atoms in total. The van der Waals surface area contributed by atoms with Crippen LogP contribution in [0.3, 0.4) is 0 Å². The molecule has 112 valence electrons. The summed E-state index contributed by atoms with van der Waals surface area (Å²) in [6.45, 7) is 0. The van der Waals surface area contributed by atoms with Crippen LogP contribution < -0.4 is 10.6 Å². The lowest BCUT2D eigenvalue weighted by molar-refractivity contribution is -0.113. The number of thioether (sulfide) groups is 1. The number of hydrogen-bond acceptors (Lipinski definition) is 3. The molecule has 0 spiro atoms. The fourth-order valence-electron chi connectivity index (χ4n) is 2.03. The van der Waals surface area contributed by atoms with E-state index in [1.165, 1.54) is 30.0 Å². The summed E-state index contributed by atoms with van der Waals surface area (Å²) in [7, 11) is 0. The highest BCUT2D eigenvalue weighted by molar-refractivity contribution is 9.10. The first-order valence-electron chi connectivity index (χ1n) is 6.36. The van der Waals surface area contributed by atoms with Crippen molar-refractivity contribution in [3.63, 3.8) is 0 Å². The number of hydrogen-bond donors (Lipinski definition) is 2. The van der Waals surface area contributed by atoms with Gasteiger partial charge in [0.1, 0.15) is 5.82 Å². The van der Waals surface area contributed by atoms with Crippen molar-refractivity contribution in [1.29, 1.82) is 0 Å². The van der Waals surface area contributed by atoms with Crippen molar-refractivity contribution in [1.82, 2.24) is 0 Å². The van der Waals surface area contributed by atoms with Gasteiger partial charge in [-0.15, -0.1) is 11.8 Å². The summed E-state index contributed by atoms with van der Waals surface area (Å²) in [5, 5.41) is 5.37. The van der Waals surface area contributed by atoms with Gasteiger partial charge in [0.2, 0.25) is 5.91 Å². The van der Waals surface area contributed by atoms with Crippen molar-refractivity contribution in [2.75, 3.05) is 16.4 Å². The van der Waals surface area contributed by atoms with E-state index in [-0.39, 0.29) is 11.5 Å². The lowest BCUT2D eigenvalue weighted by Gasteiger charge is -2.17. The van der Waals surface area contributed by atoms with E-state index in [0.29, 0.717) is 21.6 Å². The fourth-order valence-corrected chi connectivity index (χ4v) is 3.18. The molecule has 2 aromatic rings. The van der Waals surface area contributed by atoms with Gasteiger partial charge in [-0.05, 0) is 36.4 Å². The van der Waals surface area contributed by atoms with E-state index >= 15 is 0 Å². The number of amides is 2. The molecule has 1 aliphatic rings. The Labute approximate surface area is 138 Å². The molecule has 0 bridgehead atoms. The molecule has 2 aromatic carbocycles. The molecular formula is C15H10BrFN2O2S. The van der Waals surface area contributed by atoms with Gasteiger partial charge >= 0.3 is 0 Å². The van der Waals surface area contributed by atoms with Crippen LogP contribution >= 0.6 is 27.7 Å². The molecule has 0 fully saturated rings. The second-order valence-electron chi connectivity index (χ2n) is 4.63. The molecule has 0 unspecified atom stereocenters.